The highest BCUT2D eigenvalue weighted by molar-refractivity contribution is 7.92. The predicted molar refractivity (Wildman–Crippen MR) is 149 cm³/mol. The number of rotatable bonds is 12. The number of anilines is 1. The number of benzene rings is 2. The molecule has 3 rings (SSSR count). The Morgan fingerprint density at radius 3 is 2.32 bits per heavy atom. The fourth-order valence-corrected chi connectivity index (χ4v) is 6.05. The molecule has 1 saturated carbocycles. The van der Waals surface area contributed by atoms with E-state index in [-0.39, 0.29) is 37.4 Å². The van der Waals surface area contributed by atoms with Crippen LogP contribution in [0.15, 0.2) is 48.5 Å². The molecule has 9 heteroatoms. The molecular weight excluding hydrogens is 510 g/mol. The fraction of sp³-hybridized carbons (Fsp3) is 0.500. The van der Waals surface area contributed by atoms with Crippen LogP contribution in [0, 0.1) is 6.92 Å². The maximum atomic E-state index is 13.5. The molecule has 2 amide bonds. The minimum atomic E-state index is -3.53. The second-order valence-corrected chi connectivity index (χ2v) is 12.1. The predicted octanol–water partition coefficient (Wildman–Crippen LogP) is 5.06. The molecule has 1 aliphatic rings. The Morgan fingerprint density at radius 1 is 1.08 bits per heavy atom. The third-order valence-corrected chi connectivity index (χ3v) is 8.32. The number of hydrogen-bond donors (Lipinski definition) is 1. The lowest BCUT2D eigenvalue weighted by molar-refractivity contribution is -0.141. The Hall–Kier alpha value is -2.58. The van der Waals surface area contributed by atoms with E-state index < -0.39 is 16.1 Å². The Labute approximate surface area is 226 Å². The number of nitrogens with zero attached hydrogens (tertiary/aromatic N) is 2. The normalized spacial score (nSPS) is 14.8. The summed E-state index contributed by atoms with van der Waals surface area (Å²) in [6, 6.07) is 14.1. The SMILES string of the molecule is CC[C@H](C(=O)NC1CCCC1)N(Cc1ccc(Cl)cc1)C(=O)CCCN(c1ccccc1C)S(C)(=O)=O. The maximum absolute atomic E-state index is 13.5. The van der Waals surface area contributed by atoms with Crippen LogP contribution < -0.4 is 9.62 Å². The van der Waals surface area contributed by atoms with Crippen molar-refractivity contribution in [3.8, 4) is 0 Å². The smallest absolute Gasteiger partial charge is 0.243 e. The molecule has 0 aliphatic heterocycles. The molecule has 1 fully saturated rings. The van der Waals surface area contributed by atoms with Gasteiger partial charge in [0.15, 0.2) is 0 Å². The van der Waals surface area contributed by atoms with E-state index in [0.717, 1.165) is 36.8 Å². The van der Waals surface area contributed by atoms with Gasteiger partial charge in [0.2, 0.25) is 21.8 Å². The van der Waals surface area contributed by atoms with Crippen molar-refractivity contribution in [2.24, 2.45) is 0 Å². The van der Waals surface area contributed by atoms with Gasteiger partial charge < -0.3 is 10.2 Å². The van der Waals surface area contributed by atoms with Crippen LogP contribution in [0.25, 0.3) is 0 Å². The van der Waals surface area contributed by atoms with Gasteiger partial charge in [-0.2, -0.15) is 0 Å². The highest BCUT2D eigenvalue weighted by Crippen LogP contribution is 2.24. The van der Waals surface area contributed by atoms with E-state index in [2.05, 4.69) is 5.32 Å². The lowest BCUT2D eigenvalue weighted by Crippen LogP contribution is -2.51. The Balaban J connectivity index is 1.76. The molecular formula is C28H38ClN3O4S. The van der Waals surface area contributed by atoms with E-state index in [1.807, 2.05) is 38.1 Å². The van der Waals surface area contributed by atoms with Crippen molar-refractivity contribution < 1.29 is 18.0 Å². The highest BCUT2D eigenvalue weighted by atomic mass is 35.5. The molecule has 1 atom stereocenters. The number of amides is 2. The number of para-hydroxylation sites is 1. The third kappa shape index (κ3) is 8.20. The van der Waals surface area contributed by atoms with E-state index >= 15 is 0 Å². The van der Waals surface area contributed by atoms with Crippen LogP contribution in [0.4, 0.5) is 5.69 Å². The van der Waals surface area contributed by atoms with Crippen molar-refractivity contribution in [3.05, 3.63) is 64.7 Å². The standard InChI is InChI=1S/C28H38ClN3O4S/c1-4-25(28(34)30-24-11-6-7-12-24)31(20-22-15-17-23(29)18-16-22)27(33)14-9-19-32(37(3,35)36)26-13-8-5-10-21(26)2/h5,8,10,13,15-18,24-25H,4,6-7,9,11-12,14,19-20H2,1-3H3,(H,30,34)/t25-/m1/s1. The van der Waals surface area contributed by atoms with E-state index in [1.54, 1.807) is 29.2 Å². The van der Waals surface area contributed by atoms with Gasteiger partial charge in [0.1, 0.15) is 6.04 Å². The topological polar surface area (TPSA) is 86.8 Å². The van der Waals surface area contributed by atoms with Gasteiger partial charge in [-0.25, -0.2) is 8.42 Å². The summed E-state index contributed by atoms with van der Waals surface area (Å²) in [7, 11) is -3.53. The maximum Gasteiger partial charge on any atom is 0.243 e. The summed E-state index contributed by atoms with van der Waals surface area (Å²) in [4.78, 5) is 28.4. The van der Waals surface area contributed by atoms with Crippen LogP contribution in [0.3, 0.4) is 0 Å². The molecule has 2 aromatic carbocycles. The van der Waals surface area contributed by atoms with Crippen molar-refractivity contribution in [3.63, 3.8) is 0 Å². The number of carbonyl (C=O) groups is 2. The van der Waals surface area contributed by atoms with Crippen molar-refractivity contribution in [1.82, 2.24) is 10.2 Å². The number of nitrogens with one attached hydrogen (secondary N) is 1. The molecule has 1 aliphatic carbocycles. The molecule has 0 saturated heterocycles. The summed E-state index contributed by atoms with van der Waals surface area (Å²) in [6.45, 7) is 4.22. The van der Waals surface area contributed by atoms with Crippen LogP contribution in [-0.2, 0) is 26.2 Å². The molecule has 0 spiro atoms. The monoisotopic (exact) mass is 547 g/mol. The first-order valence-corrected chi connectivity index (χ1v) is 15.2. The minimum Gasteiger partial charge on any atom is -0.352 e. The first kappa shape index (κ1) is 29.0. The summed E-state index contributed by atoms with van der Waals surface area (Å²) in [5.41, 5.74) is 2.33. The number of carbonyl (C=O) groups excluding carboxylic acids is 2. The third-order valence-electron chi connectivity index (χ3n) is 6.89. The molecule has 37 heavy (non-hydrogen) atoms. The summed E-state index contributed by atoms with van der Waals surface area (Å²) in [6.07, 6.45) is 6.25. The molecule has 7 nitrogen and oxygen atoms in total. The van der Waals surface area contributed by atoms with Crippen molar-refractivity contribution in [2.45, 2.75) is 77.4 Å². The number of halogens is 1. The number of hydrogen-bond acceptors (Lipinski definition) is 4. The van der Waals surface area contributed by atoms with E-state index in [9.17, 15) is 18.0 Å². The molecule has 1 N–H and O–H groups in total. The zero-order valence-corrected chi connectivity index (χ0v) is 23.5. The van der Waals surface area contributed by atoms with Gasteiger partial charge in [-0.15, -0.1) is 0 Å². The van der Waals surface area contributed by atoms with Crippen LogP contribution in [0.5, 0.6) is 0 Å². The molecule has 2 aromatic rings. The van der Waals surface area contributed by atoms with Crippen LogP contribution in [0.2, 0.25) is 5.02 Å². The highest BCUT2D eigenvalue weighted by Gasteiger charge is 2.30. The second-order valence-electron chi connectivity index (χ2n) is 9.79. The first-order valence-electron chi connectivity index (χ1n) is 13.0. The minimum absolute atomic E-state index is 0.124. The average Bonchev–Trinajstić information content (AvgIpc) is 3.36. The summed E-state index contributed by atoms with van der Waals surface area (Å²) in [5, 5.41) is 3.74. The first-order chi connectivity index (χ1) is 17.6. The van der Waals surface area contributed by atoms with Crippen molar-refractivity contribution >= 4 is 39.1 Å². The van der Waals surface area contributed by atoms with E-state index in [1.165, 1.54) is 10.6 Å². The van der Waals surface area contributed by atoms with Gasteiger partial charge in [-0.1, -0.05) is 61.7 Å². The van der Waals surface area contributed by atoms with Gasteiger partial charge in [-0.05, 0) is 61.9 Å². The largest absolute Gasteiger partial charge is 0.352 e. The molecule has 202 valence electrons. The zero-order valence-electron chi connectivity index (χ0n) is 22.0. The fourth-order valence-electron chi connectivity index (χ4n) is 4.90. The lowest BCUT2D eigenvalue weighted by Gasteiger charge is -2.32. The van der Waals surface area contributed by atoms with Crippen molar-refractivity contribution in [2.75, 3.05) is 17.1 Å². The Bertz CT molecular complexity index is 1160. The zero-order chi connectivity index (χ0) is 27.0. The number of sulfonamides is 1. The summed E-state index contributed by atoms with van der Waals surface area (Å²) < 4.78 is 26.4. The van der Waals surface area contributed by atoms with Crippen LogP contribution >= 0.6 is 11.6 Å². The van der Waals surface area contributed by atoms with E-state index in [0.29, 0.717) is 23.6 Å². The summed E-state index contributed by atoms with van der Waals surface area (Å²) in [5.74, 6) is -0.309. The molecule has 0 heterocycles. The van der Waals surface area contributed by atoms with Gasteiger partial charge in [0.05, 0.1) is 11.9 Å². The molecule has 0 bridgehead atoms. The van der Waals surface area contributed by atoms with Gasteiger partial charge in [0, 0.05) is 30.6 Å². The quantitative estimate of drug-likeness (QED) is 0.402. The lowest BCUT2D eigenvalue weighted by atomic mass is 10.1. The Kier molecular flexibility index (Phi) is 10.4. The van der Waals surface area contributed by atoms with Crippen molar-refractivity contribution in [1.29, 1.82) is 0 Å². The van der Waals surface area contributed by atoms with E-state index in [4.69, 9.17) is 11.6 Å². The molecule has 0 aromatic heterocycles. The Morgan fingerprint density at radius 2 is 1.73 bits per heavy atom. The molecule has 0 unspecified atom stereocenters. The number of aryl methyl sites for hydroxylation is 1. The summed E-state index contributed by atoms with van der Waals surface area (Å²) >= 11 is 6.04. The second kappa shape index (κ2) is 13.3. The van der Waals surface area contributed by atoms with Crippen LogP contribution in [0.1, 0.15) is 63.0 Å². The van der Waals surface area contributed by atoms with Gasteiger partial charge >= 0.3 is 0 Å². The average molecular weight is 548 g/mol. The van der Waals surface area contributed by atoms with Crippen LogP contribution in [-0.4, -0.2) is 50.0 Å². The van der Waals surface area contributed by atoms with Gasteiger partial charge in [0.25, 0.3) is 0 Å². The van der Waals surface area contributed by atoms with Gasteiger partial charge in [-0.3, -0.25) is 13.9 Å². The molecule has 0 radical (unpaired) electrons.